The van der Waals surface area contributed by atoms with Crippen LogP contribution in [0, 0.1) is 11.8 Å². The van der Waals surface area contributed by atoms with E-state index in [2.05, 4.69) is 17.7 Å². The van der Waals surface area contributed by atoms with Crippen molar-refractivity contribution in [3.8, 4) is 0 Å². The van der Waals surface area contributed by atoms with Gasteiger partial charge in [0.25, 0.3) is 0 Å². The highest BCUT2D eigenvalue weighted by Crippen LogP contribution is 2.36. The van der Waals surface area contributed by atoms with Gasteiger partial charge in [-0.3, -0.25) is 0 Å². The van der Waals surface area contributed by atoms with E-state index in [1.165, 1.54) is 7.11 Å². The van der Waals surface area contributed by atoms with Crippen LogP contribution in [0.3, 0.4) is 0 Å². The number of allylic oxidation sites excluding steroid dienone is 2. The zero-order chi connectivity index (χ0) is 21.4. The van der Waals surface area contributed by atoms with Gasteiger partial charge in [0.2, 0.25) is 0 Å². The van der Waals surface area contributed by atoms with Crippen LogP contribution in [0.25, 0.3) is 0 Å². The number of carboxylic acids is 1. The van der Waals surface area contributed by atoms with E-state index in [0.717, 1.165) is 25.7 Å². The van der Waals surface area contributed by atoms with Crippen molar-refractivity contribution in [2.24, 2.45) is 11.8 Å². The van der Waals surface area contributed by atoms with Gasteiger partial charge in [-0.15, -0.1) is 0 Å². The third-order valence-corrected chi connectivity index (χ3v) is 4.90. The van der Waals surface area contributed by atoms with E-state index in [0.29, 0.717) is 25.7 Å². The number of carbonyl (C=O) groups excluding carboxylic acids is 1. The first-order valence-electron chi connectivity index (χ1n) is 10.2. The SMILES string of the molecule is CCCCCC(O)/C=C/C1C(O)CC(O)C1C/C=C/CCCC(=O)[O-].CO[NH3+]. The van der Waals surface area contributed by atoms with Gasteiger partial charge in [0.1, 0.15) is 0 Å². The Hall–Kier alpha value is -1.25. The van der Waals surface area contributed by atoms with Gasteiger partial charge in [-0.1, -0.05) is 50.5 Å². The van der Waals surface area contributed by atoms with E-state index in [9.17, 15) is 25.2 Å². The number of hydrogen-bond acceptors (Lipinski definition) is 6. The van der Waals surface area contributed by atoms with Crippen molar-refractivity contribution in [2.45, 2.75) is 83.0 Å². The van der Waals surface area contributed by atoms with Gasteiger partial charge in [-0.25, -0.2) is 10.7 Å². The number of aliphatic carboxylic acids is 1. The van der Waals surface area contributed by atoms with Crippen LogP contribution in [-0.2, 0) is 9.63 Å². The zero-order valence-corrected chi connectivity index (χ0v) is 17.3. The Labute approximate surface area is 168 Å². The van der Waals surface area contributed by atoms with E-state index in [1.807, 2.05) is 18.2 Å². The fourth-order valence-corrected chi connectivity index (χ4v) is 3.40. The van der Waals surface area contributed by atoms with Crippen molar-refractivity contribution < 1.29 is 36.0 Å². The first-order chi connectivity index (χ1) is 13.4. The average molecular weight is 402 g/mol. The summed E-state index contributed by atoms with van der Waals surface area (Å²) in [6.07, 6.45) is 12.0. The molecule has 0 amide bonds. The highest BCUT2D eigenvalue weighted by Gasteiger charge is 2.39. The minimum Gasteiger partial charge on any atom is -0.550 e. The van der Waals surface area contributed by atoms with E-state index in [1.54, 1.807) is 6.08 Å². The van der Waals surface area contributed by atoms with E-state index in [4.69, 9.17) is 0 Å². The topological polar surface area (TPSA) is 138 Å². The van der Waals surface area contributed by atoms with Crippen molar-refractivity contribution in [1.29, 1.82) is 0 Å². The molecule has 28 heavy (non-hydrogen) atoms. The van der Waals surface area contributed by atoms with Gasteiger partial charge in [0.05, 0.1) is 25.4 Å². The van der Waals surface area contributed by atoms with Crippen molar-refractivity contribution in [2.75, 3.05) is 7.11 Å². The van der Waals surface area contributed by atoms with Crippen LogP contribution in [0.4, 0.5) is 0 Å². The number of aliphatic hydroxyl groups is 3. The second kappa shape index (κ2) is 16.7. The highest BCUT2D eigenvalue weighted by molar-refractivity contribution is 5.64. The first-order valence-corrected chi connectivity index (χ1v) is 10.2. The lowest BCUT2D eigenvalue weighted by molar-refractivity contribution is -0.679. The lowest BCUT2D eigenvalue weighted by atomic mass is 9.89. The molecule has 7 heteroatoms. The molecule has 5 unspecified atom stereocenters. The van der Waals surface area contributed by atoms with Crippen LogP contribution in [0.15, 0.2) is 24.3 Å². The van der Waals surface area contributed by atoms with Gasteiger partial charge in [-0.2, -0.15) is 0 Å². The van der Waals surface area contributed by atoms with Crippen LogP contribution >= 0.6 is 0 Å². The van der Waals surface area contributed by atoms with Gasteiger partial charge in [-0.05, 0) is 38.0 Å². The average Bonchev–Trinajstić information content (AvgIpc) is 2.89. The second-order valence-electron chi connectivity index (χ2n) is 7.32. The maximum atomic E-state index is 10.3. The van der Waals surface area contributed by atoms with Gasteiger partial charge in [0.15, 0.2) is 0 Å². The Morgan fingerprint density at radius 1 is 1.25 bits per heavy atom. The van der Waals surface area contributed by atoms with Crippen LogP contribution < -0.4 is 11.0 Å². The third kappa shape index (κ3) is 12.3. The molecule has 1 fully saturated rings. The number of carbonyl (C=O) groups is 1. The summed E-state index contributed by atoms with van der Waals surface area (Å²) in [5.74, 6) is 1.71. The maximum Gasteiger partial charge on any atom is 0.0951 e. The number of carboxylic acid groups (broad SMARTS) is 1. The monoisotopic (exact) mass is 401 g/mol. The molecule has 1 aliphatic carbocycles. The summed E-state index contributed by atoms with van der Waals surface area (Å²) >= 11 is 0. The fourth-order valence-electron chi connectivity index (χ4n) is 3.40. The van der Waals surface area contributed by atoms with Gasteiger partial charge >= 0.3 is 0 Å². The molecule has 0 aromatic heterocycles. The predicted molar refractivity (Wildman–Crippen MR) is 105 cm³/mol. The lowest BCUT2D eigenvalue weighted by Crippen LogP contribution is -2.46. The van der Waals surface area contributed by atoms with Crippen LogP contribution in [0.5, 0.6) is 0 Å². The summed E-state index contributed by atoms with van der Waals surface area (Å²) in [5.41, 5.74) is 0. The predicted octanol–water partition coefficient (Wildman–Crippen LogP) is 0.498. The molecule has 0 saturated heterocycles. The lowest BCUT2D eigenvalue weighted by Gasteiger charge is -2.19. The molecule has 0 aromatic rings. The number of quaternary nitrogens is 1. The number of unbranched alkanes of at least 4 members (excludes halogenated alkanes) is 3. The normalized spacial score (nSPS) is 25.8. The van der Waals surface area contributed by atoms with Crippen molar-refractivity contribution in [1.82, 2.24) is 0 Å². The Balaban J connectivity index is 0.00000227. The molecule has 0 bridgehead atoms. The molecule has 6 N–H and O–H groups in total. The van der Waals surface area contributed by atoms with Gasteiger partial charge < -0.3 is 25.2 Å². The molecule has 0 aliphatic heterocycles. The minimum atomic E-state index is -1.04. The quantitative estimate of drug-likeness (QED) is 0.213. The molecule has 1 saturated carbocycles. The minimum absolute atomic E-state index is 0.0520. The molecule has 5 atom stereocenters. The van der Waals surface area contributed by atoms with Crippen LogP contribution in [0.2, 0.25) is 0 Å². The first kappa shape index (κ1) is 26.8. The largest absolute Gasteiger partial charge is 0.550 e. The summed E-state index contributed by atoms with van der Waals surface area (Å²) in [6, 6.07) is 0. The summed E-state index contributed by atoms with van der Waals surface area (Å²) in [4.78, 5) is 14.3. The molecular weight excluding hydrogens is 362 g/mol. The summed E-state index contributed by atoms with van der Waals surface area (Å²) in [6.45, 7) is 2.12. The number of rotatable bonds is 12. The summed E-state index contributed by atoms with van der Waals surface area (Å²) in [5, 5.41) is 40.7. The van der Waals surface area contributed by atoms with Crippen LogP contribution in [-0.4, -0.2) is 46.7 Å². The van der Waals surface area contributed by atoms with E-state index in [-0.39, 0.29) is 18.3 Å². The fraction of sp³-hybridized carbons (Fsp3) is 0.762. The zero-order valence-electron chi connectivity index (χ0n) is 17.3. The molecule has 0 radical (unpaired) electrons. The second-order valence-corrected chi connectivity index (χ2v) is 7.32. The van der Waals surface area contributed by atoms with E-state index >= 15 is 0 Å². The molecule has 0 aromatic carbocycles. The van der Waals surface area contributed by atoms with Crippen molar-refractivity contribution in [3.05, 3.63) is 24.3 Å². The smallest absolute Gasteiger partial charge is 0.0951 e. The Morgan fingerprint density at radius 2 is 1.93 bits per heavy atom. The molecule has 0 spiro atoms. The number of aliphatic hydroxyl groups excluding tert-OH is 3. The Bertz CT molecular complexity index is 454. The molecule has 1 aliphatic rings. The Kier molecular flexibility index (Phi) is 15.9. The summed E-state index contributed by atoms with van der Waals surface area (Å²) < 4.78 is 0. The maximum absolute atomic E-state index is 10.3. The summed E-state index contributed by atoms with van der Waals surface area (Å²) in [7, 11) is 1.51. The van der Waals surface area contributed by atoms with E-state index < -0.39 is 24.3 Å². The Morgan fingerprint density at radius 3 is 2.54 bits per heavy atom. The number of hydrogen-bond donors (Lipinski definition) is 4. The van der Waals surface area contributed by atoms with Crippen molar-refractivity contribution in [3.63, 3.8) is 0 Å². The standard InChI is InChI=1S/C20H34O5.CH6NO/c1-2-3-6-9-15(21)12-13-17-16(18(22)14-19(17)23)10-7-4-5-8-11-20(24)25;1-3-2/h4,7,12-13,15-19,21-23H,2-3,5-6,8-11,14H2,1H3,(H,24,25);1-2H3/q;+1/p-1/b7-4+,13-12+;. The van der Waals surface area contributed by atoms with Crippen LogP contribution in [0.1, 0.15) is 64.7 Å². The molecule has 164 valence electrons. The molecule has 7 nitrogen and oxygen atoms in total. The molecular formula is C21H39NO6. The molecule has 0 heterocycles. The highest BCUT2D eigenvalue weighted by atomic mass is 16.6. The molecule has 1 rings (SSSR count). The van der Waals surface area contributed by atoms with Gasteiger partial charge in [0, 0.05) is 18.3 Å². The third-order valence-electron chi connectivity index (χ3n) is 4.90. The van der Waals surface area contributed by atoms with Crippen molar-refractivity contribution >= 4 is 5.97 Å².